The predicted molar refractivity (Wildman–Crippen MR) is 73.0 cm³/mol. The Morgan fingerprint density at radius 3 is 2.68 bits per heavy atom. The summed E-state index contributed by atoms with van der Waals surface area (Å²) in [4.78, 5) is 14.3. The van der Waals surface area contributed by atoms with E-state index in [9.17, 15) is 4.79 Å². The van der Waals surface area contributed by atoms with Crippen molar-refractivity contribution in [1.82, 2.24) is 15.1 Å². The molecule has 1 aliphatic rings. The van der Waals surface area contributed by atoms with Crippen LogP contribution in [0.25, 0.3) is 0 Å². The van der Waals surface area contributed by atoms with E-state index >= 15 is 0 Å². The Balaban J connectivity index is 1.80. The van der Waals surface area contributed by atoms with E-state index in [0.29, 0.717) is 5.56 Å². The molecule has 0 aliphatic carbocycles. The van der Waals surface area contributed by atoms with Gasteiger partial charge in [0.25, 0.3) is 5.91 Å². The fourth-order valence-electron chi connectivity index (χ4n) is 2.52. The molecule has 0 spiro atoms. The van der Waals surface area contributed by atoms with Crippen molar-refractivity contribution >= 4 is 5.91 Å². The molecular weight excluding hydrogens is 238 g/mol. The van der Waals surface area contributed by atoms with Gasteiger partial charge in [0, 0.05) is 19.5 Å². The van der Waals surface area contributed by atoms with Crippen LogP contribution in [0.15, 0.2) is 36.5 Å². The quantitative estimate of drug-likeness (QED) is 0.914. The molecule has 1 saturated heterocycles. The minimum atomic E-state index is 0.109. The third-order valence-electron chi connectivity index (χ3n) is 3.57. The Morgan fingerprint density at radius 2 is 1.95 bits per heavy atom. The smallest absolute Gasteiger partial charge is 0.257 e. The van der Waals surface area contributed by atoms with E-state index in [-0.39, 0.29) is 5.91 Å². The highest BCUT2D eigenvalue weighted by Gasteiger charge is 2.22. The van der Waals surface area contributed by atoms with E-state index < -0.39 is 0 Å². The number of aromatic amines is 1. The van der Waals surface area contributed by atoms with Crippen molar-refractivity contribution in [3.8, 4) is 0 Å². The highest BCUT2D eigenvalue weighted by Crippen LogP contribution is 2.17. The lowest BCUT2D eigenvalue weighted by Crippen LogP contribution is -2.28. The number of hydrogen-bond acceptors (Lipinski definition) is 2. The average Bonchev–Trinajstić information content (AvgIpc) is 3.10. The first-order valence-electron chi connectivity index (χ1n) is 6.70. The molecule has 3 rings (SSSR count). The number of amides is 1. The zero-order chi connectivity index (χ0) is 13.1. The fourth-order valence-corrected chi connectivity index (χ4v) is 2.52. The van der Waals surface area contributed by atoms with Crippen LogP contribution >= 0.6 is 0 Å². The van der Waals surface area contributed by atoms with Crippen LogP contribution in [0.1, 0.15) is 34.5 Å². The summed E-state index contributed by atoms with van der Waals surface area (Å²) in [7, 11) is 0. The lowest BCUT2D eigenvalue weighted by atomic mass is 10.1. The topological polar surface area (TPSA) is 49.0 Å². The second-order valence-corrected chi connectivity index (χ2v) is 4.92. The largest absolute Gasteiger partial charge is 0.339 e. The standard InChI is InChI=1S/C15H17N3O/c19-15(18-8-4-5-9-18)13-11-16-17-14(13)10-12-6-2-1-3-7-12/h1-3,6-7,11H,4-5,8-10H2,(H,16,17). The second kappa shape index (κ2) is 5.26. The third kappa shape index (κ3) is 2.52. The van der Waals surface area contributed by atoms with Gasteiger partial charge >= 0.3 is 0 Å². The van der Waals surface area contributed by atoms with Crippen molar-refractivity contribution in [2.24, 2.45) is 0 Å². The van der Waals surface area contributed by atoms with Gasteiger partial charge < -0.3 is 4.90 Å². The highest BCUT2D eigenvalue weighted by molar-refractivity contribution is 5.95. The molecule has 4 nitrogen and oxygen atoms in total. The van der Waals surface area contributed by atoms with Crippen LogP contribution in [0.4, 0.5) is 0 Å². The van der Waals surface area contributed by atoms with E-state index in [0.717, 1.165) is 38.0 Å². The van der Waals surface area contributed by atoms with Crippen molar-refractivity contribution in [2.75, 3.05) is 13.1 Å². The predicted octanol–water partition coefficient (Wildman–Crippen LogP) is 2.24. The first kappa shape index (κ1) is 12.0. The number of benzene rings is 1. The Labute approximate surface area is 112 Å². The van der Waals surface area contributed by atoms with Gasteiger partial charge in [0.15, 0.2) is 0 Å². The zero-order valence-corrected chi connectivity index (χ0v) is 10.8. The number of likely N-dealkylation sites (tertiary alicyclic amines) is 1. The summed E-state index contributed by atoms with van der Waals surface area (Å²) in [5.74, 6) is 0.109. The Morgan fingerprint density at radius 1 is 1.21 bits per heavy atom. The van der Waals surface area contributed by atoms with E-state index in [2.05, 4.69) is 22.3 Å². The van der Waals surface area contributed by atoms with Crippen LogP contribution in [0.3, 0.4) is 0 Å². The number of nitrogens with zero attached hydrogens (tertiary/aromatic N) is 2. The van der Waals surface area contributed by atoms with Crippen LogP contribution in [-0.2, 0) is 6.42 Å². The molecule has 4 heteroatoms. The van der Waals surface area contributed by atoms with Crippen molar-refractivity contribution in [3.63, 3.8) is 0 Å². The van der Waals surface area contributed by atoms with Crippen molar-refractivity contribution < 1.29 is 4.79 Å². The van der Waals surface area contributed by atoms with Crippen LogP contribution in [0.5, 0.6) is 0 Å². The maximum Gasteiger partial charge on any atom is 0.257 e. The third-order valence-corrected chi connectivity index (χ3v) is 3.57. The van der Waals surface area contributed by atoms with Crippen LogP contribution < -0.4 is 0 Å². The van der Waals surface area contributed by atoms with E-state index in [1.807, 2.05) is 23.1 Å². The molecule has 98 valence electrons. The molecule has 1 aliphatic heterocycles. The van der Waals surface area contributed by atoms with E-state index in [4.69, 9.17) is 0 Å². The Bertz CT molecular complexity index is 556. The molecule has 1 fully saturated rings. The fraction of sp³-hybridized carbons (Fsp3) is 0.333. The molecule has 0 bridgehead atoms. The first-order chi connectivity index (χ1) is 9.34. The Kier molecular flexibility index (Phi) is 3.31. The van der Waals surface area contributed by atoms with E-state index in [1.165, 1.54) is 5.56 Å². The Hall–Kier alpha value is -2.10. The van der Waals surface area contributed by atoms with Gasteiger partial charge in [-0.25, -0.2) is 0 Å². The summed E-state index contributed by atoms with van der Waals surface area (Å²) < 4.78 is 0. The summed E-state index contributed by atoms with van der Waals surface area (Å²) in [6.45, 7) is 1.74. The normalized spacial score (nSPS) is 14.8. The van der Waals surface area contributed by atoms with Crippen LogP contribution in [0, 0.1) is 0 Å². The number of rotatable bonds is 3. The average molecular weight is 255 g/mol. The van der Waals surface area contributed by atoms with Gasteiger partial charge in [-0.15, -0.1) is 0 Å². The van der Waals surface area contributed by atoms with Crippen molar-refractivity contribution in [1.29, 1.82) is 0 Å². The molecule has 0 radical (unpaired) electrons. The van der Waals surface area contributed by atoms with Crippen molar-refractivity contribution in [2.45, 2.75) is 19.3 Å². The first-order valence-corrected chi connectivity index (χ1v) is 6.70. The van der Waals surface area contributed by atoms with Gasteiger partial charge in [-0.05, 0) is 18.4 Å². The van der Waals surface area contributed by atoms with Gasteiger partial charge in [0.2, 0.25) is 0 Å². The van der Waals surface area contributed by atoms with Crippen molar-refractivity contribution in [3.05, 3.63) is 53.3 Å². The molecule has 2 heterocycles. The van der Waals surface area contributed by atoms with E-state index in [1.54, 1.807) is 6.20 Å². The van der Waals surface area contributed by atoms with Gasteiger partial charge in [-0.1, -0.05) is 30.3 Å². The number of H-pyrrole nitrogens is 1. The van der Waals surface area contributed by atoms with Crippen LogP contribution in [0.2, 0.25) is 0 Å². The SMILES string of the molecule is O=C(c1cn[nH]c1Cc1ccccc1)N1CCCC1. The lowest BCUT2D eigenvalue weighted by molar-refractivity contribution is 0.0792. The monoisotopic (exact) mass is 255 g/mol. The number of nitrogens with one attached hydrogen (secondary N) is 1. The molecule has 1 N–H and O–H groups in total. The molecule has 0 atom stereocenters. The zero-order valence-electron chi connectivity index (χ0n) is 10.8. The van der Waals surface area contributed by atoms with Gasteiger partial charge in [0.1, 0.15) is 0 Å². The lowest BCUT2D eigenvalue weighted by Gasteiger charge is -2.14. The summed E-state index contributed by atoms with van der Waals surface area (Å²) in [6.07, 6.45) is 4.59. The number of carbonyl (C=O) groups is 1. The minimum Gasteiger partial charge on any atom is -0.339 e. The number of hydrogen-bond donors (Lipinski definition) is 1. The molecule has 0 saturated carbocycles. The number of aromatic nitrogens is 2. The van der Waals surface area contributed by atoms with Gasteiger partial charge in [-0.3, -0.25) is 9.89 Å². The van der Waals surface area contributed by atoms with Gasteiger partial charge in [0.05, 0.1) is 17.5 Å². The number of carbonyl (C=O) groups excluding carboxylic acids is 1. The molecule has 1 amide bonds. The molecule has 2 aromatic rings. The maximum atomic E-state index is 12.4. The van der Waals surface area contributed by atoms with Gasteiger partial charge in [-0.2, -0.15) is 5.10 Å². The molecule has 0 unspecified atom stereocenters. The second-order valence-electron chi connectivity index (χ2n) is 4.92. The summed E-state index contributed by atoms with van der Waals surface area (Å²) in [5.41, 5.74) is 2.80. The summed E-state index contributed by atoms with van der Waals surface area (Å²) >= 11 is 0. The van der Waals surface area contributed by atoms with Crippen LogP contribution in [-0.4, -0.2) is 34.1 Å². The molecule has 19 heavy (non-hydrogen) atoms. The molecule has 1 aromatic carbocycles. The molecular formula is C15H17N3O. The molecule has 1 aromatic heterocycles. The maximum absolute atomic E-state index is 12.4. The highest BCUT2D eigenvalue weighted by atomic mass is 16.2. The minimum absolute atomic E-state index is 0.109. The summed E-state index contributed by atoms with van der Waals surface area (Å²) in [6, 6.07) is 10.1. The summed E-state index contributed by atoms with van der Waals surface area (Å²) in [5, 5.41) is 7.00.